The largest absolute Gasteiger partial charge is 0.351 e. The lowest BCUT2D eigenvalue weighted by atomic mass is 10.0. The molecule has 0 radical (unpaired) electrons. The number of hydrogen-bond donors (Lipinski definition) is 2. The van der Waals surface area contributed by atoms with Crippen LogP contribution in [0.15, 0.2) is 48.7 Å². The summed E-state index contributed by atoms with van der Waals surface area (Å²) in [7, 11) is 0. The molecule has 3 N–H and O–H groups in total. The van der Waals surface area contributed by atoms with Crippen LogP contribution in [0.25, 0.3) is 0 Å². The van der Waals surface area contributed by atoms with Crippen LogP contribution in [-0.2, 0) is 6.54 Å². The molecular weight excluding hydrogens is 286 g/mol. The number of nitrogens with one attached hydrogen (secondary N) is 1. The van der Waals surface area contributed by atoms with E-state index < -0.39 is 0 Å². The van der Waals surface area contributed by atoms with Crippen molar-refractivity contribution in [2.75, 3.05) is 6.54 Å². The monoisotopic (exact) mass is 305 g/mol. The third kappa shape index (κ3) is 4.85. The van der Waals surface area contributed by atoms with Gasteiger partial charge in [0.15, 0.2) is 0 Å². The van der Waals surface area contributed by atoms with Gasteiger partial charge in [-0.15, -0.1) is 12.4 Å². The maximum absolute atomic E-state index is 12.1. The van der Waals surface area contributed by atoms with Crippen LogP contribution in [0.2, 0.25) is 0 Å². The van der Waals surface area contributed by atoms with E-state index in [0.717, 1.165) is 0 Å². The number of carbonyl (C=O) groups is 1. The van der Waals surface area contributed by atoms with Gasteiger partial charge in [-0.05, 0) is 23.6 Å². The Morgan fingerprint density at radius 1 is 1.29 bits per heavy atom. The zero-order chi connectivity index (χ0) is 14.4. The first-order valence-corrected chi connectivity index (χ1v) is 6.69. The van der Waals surface area contributed by atoms with Gasteiger partial charge in [0.2, 0.25) is 0 Å². The van der Waals surface area contributed by atoms with Crippen molar-refractivity contribution in [2.45, 2.75) is 19.4 Å². The highest BCUT2D eigenvalue weighted by Crippen LogP contribution is 2.13. The van der Waals surface area contributed by atoms with Gasteiger partial charge in [-0.1, -0.05) is 37.3 Å². The quantitative estimate of drug-likeness (QED) is 0.892. The molecule has 0 aliphatic rings. The van der Waals surface area contributed by atoms with Crippen LogP contribution < -0.4 is 11.1 Å². The lowest BCUT2D eigenvalue weighted by Crippen LogP contribution is -2.27. The Bertz CT molecular complexity index is 575. The van der Waals surface area contributed by atoms with Crippen LogP contribution in [0, 0.1) is 0 Å². The standard InChI is InChI=1S/C16H19N3O.ClH/c1-12(13-5-3-2-4-6-13)11-19-16(20)14-7-8-18-15(9-14)10-17;/h2-9,12H,10-11,17H2,1H3,(H,19,20);1H. The second kappa shape index (κ2) is 8.39. The van der Waals surface area contributed by atoms with Gasteiger partial charge in [0.25, 0.3) is 5.91 Å². The molecule has 1 atom stereocenters. The number of carbonyl (C=O) groups excluding carboxylic acids is 1. The predicted octanol–water partition coefficient (Wildman–Crippen LogP) is 2.50. The molecule has 2 rings (SSSR count). The SMILES string of the molecule is CC(CNC(=O)c1ccnc(CN)c1)c1ccccc1.Cl. The molecule has 1 unspecified atom stereocenters. The van der Waals surface area contributed by atoms with Crippen LogP contribution >= 0.6 is 12.4 Å². The Labute approximate surface area is 131 Å². The van der Waals surface area contributed by atoms with Gasteiger partial charge in [0.1, 0.15) is 0 Å². The average molecular weight is 306 g/mol. The van der Waals surface area contributed by atoms with Crippen molar-refractivity contribution in [2.24, 2.45) is 5.73 Å². The van der Waals surface area contributed by atoms with Gasteiger partial charge in [-0.25, -0.2) is 0 Å². The molecule has 4 nitrogen and oxygen atoms in total. The number of rotatable bonds is 5. The van der Waals surface area contributed by atoms with E-state index in [2.05, 4.69) is 29.4 Å². The summed E-state index contributed by atoms with van der Waals surface area (Å²) in [6.45, 7) is 3.03. The Kier molecular flexibility index (Phi) is 6.85. The first-order chi connectivity index (χ1) is 9.70. The normalized spacial score (nSPS) is 11.3. The summed E-state index contributed by atoms with van der Waals surface area (Å²) in [6.07, 6.45) is 1.61. The highest BCUT2D eigenvalue weighted by atomic mass is 35.5. The van der Waals surface area contributed by atoms with Crippen LogP contribution in [0.4, 0.5) is 0 Å². The second-order valence-corrected chi connectivity index (χ2v) is 4.76. The fourth-order valence-electron chi connectivity index (χ4n) is 1.98. The van der Waals surface area contributed by atoms with E-state index in [0.29, 0.717) is 24.3 Å². The average Bonchev–Trinajstić information content (AvgIpc) is 2.53. The summed E-state index contributed by atoms with van der Waals surface area (Å²) >= 11 is 0. The molecule has 0 aliphatic carbocycles. The fraction of sp³-hybridized carbons (Fsp3) is 0.250. The van der Waals surface area contributed by atoms with Crippen LogP contribution in [-0.4, -0.2) is 17.4 Å². The van der Waals surface area contributed by atoms with Crippen molar-refractivity contribution in [3.05, 3.63) is 65.5 Å². The maximum atomic E-state index is 12.1. The summed E-state index contributed by atoms with van der Waals surface area (Å²) in [5.74, 6) is 0.181. The van der Waals surface area contributed by atoms with Crippen molar-refractivity contribution < 1.29 is 4.79 Å². The molecule has 1 aromatic heterocycles. The third-order valence-corrected chi connectivity index (χ3v) is 3.23. The van der Waals surface area contributed by atoms with Gasteiger partial charge in [0.05, 0.1) is 5.69 Å². The van der Waals surface area contributed by atoms with E-state index >= 15 is 0 Å². The summed E-state index contributed by atoms with van der Waals surface area (Å²) in [4.78, 5) is 16.1. The molecule has 2 aromatic rings. The van der Waals surface area contributed by atoms with E-state index in [4.69, 9.17) is 5.73 Å². The summed E-state index contributed by atoms with van der Waals surface area (Å²) in [5.41, 5.74) is 8.05. The minimum Gasteiger partial charge on any atom is -0.351 e. The molecule has 21 heavy (non-hydrogen) atoms. The number of hydrogen-bond acceptors (Lipinski definition) is 3. The zero-order valence-corrected chi connectivity index (χ0v) is 12.8. The highest BCUT2D eigenvalue weighted by Gasteiger charge is 2.09. The lowest BCUT2D eigenvalue weighted by molar-refractivity contribution is 0.0951. The minimum absolute atomic E-state index is 0. The van der Waals surface area contributed by atoms with E-state index in [1.807, 2.05) is 18.2 Å². The van der Waals surface area contributed by atoms with E-state index in [1.165, 1.54) is 5.56 Å². The molecule has 1 heterocycles. The fourth-order valence-corrected chi connectivity index (χ4v) is 1.98. The van der Waals surface area contributed by atoms with Crippen molar-refractivity contribution in [1.82, 2.24) is 10.3 Å². The van der Waals surface area contributed by atoms with Gasteiger partial charge in [0, 0.05) is 24.8 Å². The van der Waals surface area contributed by atoms with Crippen LogP contribution in [0.1, 0.15) is 34.5 Å². The number of pyridine rings is 1. The highest BCUT2D eigenvalue weighted by molar-refractivity contribution is 5.94. The van der Waals surface area contributed by atoms with Crippen molar-refractivity contribution >= 4 is 18.3 Å². The molecule has 0 saturated carbocycles. The Hall–Kier alpha value is -1.91. The van der Waals surface area contributed by atoms with Crippen LogP contribution in [0.5, 0.6) is 0 Å². The number of amides is 1. The number of aromatic nitrogens is 1. The molecule has 1 aromatic carbocycles. The van der Waals surface area contributed by atoms with Crippen molar-refractivity contribution in [3.63, 3.8) is 0 Å². The Balaban J connectivity index is 0.00000220. The van der Waals surface area contributed by atoms with Gasteiger partial charge in [-0.3, -0.25) is 9.78 Å². The number of benzene rings is 1. The van der Waals surface area contributed by atoms with Crippen molar-refractivity contribution in [1.29, 1.82) is 0 Å². The lowest BCUT2D eigenvalue weighted by Gasteiger charge is -2.13. The molecule has 5 heteroatoms. The van der Waals surface area contributed by atoms with E-state index in [1.54, 1.807) is 18.3 Å². The summed E-state index contributed by atoms with van der Waals surface area (Å²) < 4.78 is 0. The summed E-state index contributed by atoms with van der Waals surface area (Å²) in [5, 5.41) is 2.94. The second-order valence-electron chi connectivity index (χ2n) is 4.76. The third-order valence-electron chi connectivity index (χ3n) is 3.23. The Morgan fingerprint density at radius 2 is 2.00 bits per heavy atom. The molecule has 0 fully saturated rings. The minimum atomic E-state index is -0.0927. The predicted molar refractivity (Wildman–Crippen MR) is 86.6 cm³/mol. The number of nitrogens with two attached hydrogens (primary N) is 1. The zero-order valence-electron chi connectivity index (χ0n) is 12.0. The van der Waals surface area contributed by atoms with Crippen LogP contribution in [0.3, 0.4) is 0 Å². The smallest absolute Gasteiger partial charge is 0.251 e. The number of halogens is 1. The molecule has 112 valence electrons. The number of nitrogens with zero attached hydrogens (tertiary/aromatic N) is 1. The van der Waals surface area contributed by atoms with Gasteiger partial charge >= 0.3 is 0 Å². The molecule has 1 amide bonds. The molecular formula is C16H20ClN3O. The van der Waals surface area contributed by atoms with Gasteiger partial charge in [-0.2, -0.15) is 0 Å². The molecule has 0 bridgehead atoms. The first kappa shape index (κ1) is 17.1. The maximum Gasteiger partial charge on any atom is 0.251 e. The molecule has 0 aliphatic heterocycles. The van der Waals surface area contributed by atoms with Gasteiger partial charge < -0.3 is 11.1 Å². The van der Waals surface area contributed by atoms with E-state index in [-0.39, 0.29) is 24.2 Å². The van der Waals surface area contributed by atoms with E-state index in [9.17, 15) is 4.79 Å². The first-order valence-electron chi connectivity index (χ1n) is 6.69. The Morgan fingerprint density at radius 3 is 2.67 bits per heavy atom. The summed E-state index contributed by atoms with van der Waals surface area (Å²) in [6, 6.07) is 13.5. The molecule has 0 spiro atoms. The topological polar surface area (TPSA) is 68.0 Å². The van der Waals surface area contributed by atoms with Crippen molar-refractivity contribution in [3.8, 4) is 0 Å². The molecule has 0 saturated heterocycles.